The summed E-state index contributed by atoms with van der Waals surface area (Å²) >= 11 is 13.8. The SMILES string of the molecule is CCc1sc(=NC(=O)c2cccc(OC)c2)n(CC)c1-c1ccc(Cl)c(Cl)c1. The Morgan fingerprint density at radius 2 is 1.93 bits per heavy atom. The van der Waals surface area contributed by atoms with Crippen molar-refractivity contribution in [2.45, 2.75) is 26.8 Å². The number of carbonyl (C=O) groups is 1. The standard InChI is InChI=1S/C21H20Cl2N2O2S/c1-4-18-19(13-9-10-16(22)17(23)12-13)25(5-2)21(28-18)24-20(26)14-7-6-8-15(11-14)27-3/h6-12H,4-5H2,1-3H3. The number of hydrogen-bond donors (Lipinski definition) is 0. The molecule has 0 spiro atoms. The molecule has 7 heteroatoms. The molecule has 4 nitrogen and oxygen atoms in total. The summed E-state index contributed by atoms with van der Waals surface area (Å²) < 4.78 is 7.24. The van der Waals surface area contributed by atoms with Gasteiger partial charge in [0.2, 0.25) is 0 Å². The zero-order chi connectivity index (χ0) is 20.3. The van der Waals surface area contributed by atoms with E-state index in [0.29, 0.717) is 32.7 Å². The molecule has 1 aromatic heterocycles. The number of thiazole rings is 1. The highest BCUT2D eigenvalue weighted by Gasteiger charge is 2.16. The number of halogens is 2. The van der Waals surface area contributed by atoms with E-state index in [9.17, 15) is 4.79 Å². The van der Waals surface area contributed by atoms with Crippen LogP contribution in [0.2, 0.25) is 10.0 Å². The van der Waals surface area contributed by atoms with Crippen LogP contribution in [0.15, 0.2) is 47.5 Å². The highest BCUT2D eigenvalue weighted by Crippen LogP contribution is 2.32. The lowest BCUT2D eigenvalue weighted by Gasteiger charge is -2.09. The number of hydrogen-bond acceptors (Lipinski definition) is 3. The van der Waals surface area contributed by atoms with E-state index in [2.05, 4.69) is 11.9 Å². The van der Waals surface area contributed by atoms with Crippen molar-refractivity contribution < 1.29 is 9.53 Å². The van der Waals surface area contributed by atoms with Crippen LogP contribution >= 0.6 is 34.5 Å². The first-order chi connectivity index (χ1) is 13.5. The largest absolute Gasteiger partial charge is 0.497 e. The van der Waals surface area contributed by atoms with Crippen LogP contribution in [0, 0.1) is 0 Å². The molecule has 1 heterocycles. The number of methoxy groups -OCH3 is 1. The summed E-state index contributed by atoms with van der Waals surface area (Å²) in [6, 6.07) is 12.6. The van der Waals surface area contributed by atoms with E-state index in [0.717, 1.165) is 22.6 Å². The molecule has 0 saturated heterocycles. The third-order valence-electron chi connectivity index (χ3n) is 4.32. The van der Waals surface area contributed by atoms with Crippen LogP contribution in [-0.2, 0) is 13.0 Å². The minimum Gasteiger partial charge on any atom is -0.497 e. The molecule has 0 N–H and O–H groups in total. The number of nitrogens with zero attached hydrogens (tertiary/aromatic N) is 2. The summed E-state index contributed by atoms with van der Waals surface area (Å²) in [5.74, 6) is 0.326. The Labute approximate surface area is 178 Å². The zero-order valence-corrected chi connectivity index (χ0v) is 18.2. The Kier molecular flexibility index (Phi) is 6.60. The van der Waals surface area contributed by atoms with Crippen LogP contribution in [0.4, 0.5) is 0 Å². The van der Waals surface area contributed by atoms with Gasteiger partial charge >= 0.3 is 0 Å². The molecule has 146 valence electrons. The molecule has 0 bridgehead atoms. The van der Waals surface area contributed by atoms with Gasteiger partial charge in [0.25, 0.3) is 5.91 Å². The van der Waals surface area contributed by atoms with Gasteiger partial charge in [-0.2, -0.15) is 4.99 Å². The van der Waals surface area contributed by atoms with Crippen LogP contribution in [0.1, 0.15) is 29.1 Å². The summed E-state index contributed by atoms with van der Waals surface area (Å²) in [4.78, 5) is 18.9. The molecule has 3 aromatic rings. The maximum Gasteiger partial charge on any atom is 0.279 e. The first kappa shape index (κ1) is 20.6. The monoisotopic (exact) mass is 434 g/mol. The highest BCUT2D eigenvalue weighted by atomic mass is 35.5. The molecule has 0 unspecified atom stereocenters. The Balaban J connectivity index is 2.14. The summed E-state index contributed by atoms with van der Waals surface area (Å²) in [7, 11) is 1.57. The summed E-state index contributed by atoms with van der Waals surface area (Å²) in [6.07, 6.45) is 0.823. The molecule has 28 heavy (non-hydrogen) atoms. The van der Waals surface area contributed by atoms with Gasteiger partial charge in [0.1, 0.15) is 5.75 Å². The molecule has 0 atom stereocenters. The van der Waals surface area contributed by atoms with Crippen molar-refractivity contribution in [1.29, 1.82) is 0 Å². The van der Waals surface area contributed by atoms with Gasteiger partial charge in [-0.25, -0.2) is 0 Å². The third-order valence-corrected chi connectivity index (χ3v) is 6.29. The lowest BCUT2D eigenvalue weighted by atomic mass is 10.1. The van der Waals surface area contributed by atoms with Crippen molar-refractivity contribution in [2.24, 2.45) is 4.99 Å². The molecule has 0 radical (unpaired) electrons. The van der Waals surface area contributed by atoms with Crippen LogP contribution in [0.5, 0.6) is 5.75 Å². The van der Waals surface area contributed by atoms with Crippen LogP contribution in [-0.4, -0.2) is 17.6 Å². The Hall–Kier alpha value is -2.08. The highest BCUT2D eigenvalue weighted by molar-refractivity contribution is 7.09. The molecule has 2 aromatic carbocycles. The minimum atomic E-state index is -0.300. The predicted molar refractivity (Wildman–Crippen MR) is 116 cm³/mol. The second kappa shape index (κ2) is 8.95. The molecule has 1 amide bonds. The van der Waals surface area contributed by atoms with Crippen molar-refractivity contribution in [3.63, 3.8) is 0 Å². The minimum absolute atomic E-state index is 0.300. The van der Waals surface area contributed by atoms with Gasteiger partial charge in [-0.05, 0) is 43.7 Å². The van der Waals surface area contributed by atoms with Crippen LogP contribution in [0.3, 0.4) is 0 Å². The summed E-state index contributed by atoms with van der Waals surface area (Å²) in [6.45, 7) is 4.79. The van der Waals surface area contributed by atoms with Crippen molar-refractivity contribution in [2.75, 3.05) is 7.11 Å². The van der Waals surface area contributed by atoms with Crippen molar-refractivity contribution in [1.82, 2.24) is 4.57 Å². The van der Waals surface area contributed by atoms with Crippen LogP contribution < -0.4 is 9.54 Å². The number of aryl methyl sites for hydroxylation is 1. The zero-order valence-electron chi connectivity index (χ0n) is 15.8. The molecule has 0 aliphatic carbocycles. The van der Waals surface area contributed by atoms with E-state index in [1.54, 1.807) is 37.4 Å². The lowest BCUT2D eigenvalue weighted by molar-refractivity contribution is 0.0997. The first-order valence-corrected chi connectivity index (χ1v) is 10.5. The topological polar surface area (TPSA) is 43.6 Å². The lowest BCUT2D eigenvalue weighted by Crippen LogP contribution is -2.17. The second-order valence-electron chi connectivity index (χ2n) is 6.03. The number of rotatable bonds is 5. The van der Waals surface area contributed by atoms with Gasteiger partial charge in [-0.3, -0.25) is 4.79 Å². The summed E-state index contributed by atoms with van der Waals surface area (Å²) in [5, 5.41) is 1.01. The molecule has 0 saturated carbocycles. The second-order valence-corrected chi connectivity index (χ2v) is 7.91. The smallest absolute Gasteiger partial charge is 0.279 e. The van der Waals surface area contributed by atoms with Gasteiger partial charge < -0.3 is 9.30 Å². The van der Waals surface area contributed by atoms with E-state index < -0.39 is 0 Å². The van der Waals surface area contributed by atoms with E-state index >= 15 is 0 Å². The quantitative estimate of drug-likeness (QED) is 0.504. The van der Waals surface area contributed by atoms with Crippen molar-refractivity contribution in [3.8, 4) is 17.0 Å². The maximum atomic E-state index is 12.7. The predicted octanol–water partition coefficient (Wildman–Crippen LogP) is 5.86. The van der Waals surface area contributed by atoms with E-state index in [1.165, 1.54) is 11.3 Å². The summed E-state index contributed by atoms with van der Waals surface area (Å²) in [5.41, 5.74) is 2.47. The van der Waals surface area contributed by atoms with Crippen molar-refractivity contribution in [3.05, 3.63) is 67.8 Å². The fraction of sp³-hybridized carbons (Fsp3) is 0.238. The fourth-order valence-corrected chi connectivity index (χ4v) is 4.39. The molecule has 0 aliphatic rings. The average molecular weight is 435 g/mol. The van der Waals surface area contributed by atoms with Gasteiger partial charge in [0, 0.05) is 22.5 Å². The average Bonchev–Trinajstić information content (AvgIpc) is 3.07. The third kappa shape index (κ3) is 4.17. The van der Waals surface area contributed by atoms with Gasteiger partial charge in [0.15, 0.2) is 4.80 Å². The first-order valence-electron chi connectivity index (χ1n) is 8.89. The molecular weight excluding hydrogens is 415 g/mol. The Bertz CT molecular complexity index is 1090. The normalized spacial score (nSPS) is 11.7. The van der Waals surface area contributed by atoms with E-state index in [1.807, 2.05) is 23.6 Å². The molecular formula is C21H20Cl2N2O2S. The number of carbonyl (C=O) groups excluding carboxylic acids is 1. The number of amides is 1. The fourth-order valence-electron chi connectivity index (χ4n) is 2.94. The Morgan fingerprint density at radius 3 is 2.57 bits per heavy atom. The Morgan fingerprint density at radius 1 is 1.14 bits per heavy atom. The number of ether oxygens (including phenoxy) is 1. The van der Waals surface area contributed by atoms with Gasteiger partial charge in [-0.1, -0.05) is 42.3 Å². The molecule has 0 aliphatic heterocycles. The number of benzene rings is 2. The van der Waals surface area contributed by atoms with E-state index in [4.69, 9.17) is 27.9 Å². The van der Waals surface area contributed by atoms with Gasteiger partial charge in [-0.15, -0.1) is 11.3 Å². The van der Waals surface area contributed by atoms with E-state index in [-0.39, 0.29) is 5.91 Å². The van der Waals surface area contributed by atoms with Crippen molar-refractivity contribution >= 4 is 40.4 Å². The maximum absolute atomic E-state index is 12.7. The molecule has 3 rings (SSSR count). The van der Waals surface area contributed by atoms with Crippen LogP contribution in [0.25, 0.3) is 11.3 Å². The number of aromatic nitrogens is 1. The van der Waals surface area contributed by atoms with Gasteiger partial charge in [0.05, 0.1) is 22.8 Å². The molecule has 0 fully saturated rings.